The van der Waals surface area contributed by atoms with E-state index in [1.165, 1.54) is 0 Å². The molecule has 6 heteroatoms. The van der Waals surface area contributed by atoms with Crippen LogP contribution in [0.2, 0.25) is 5.02 Å². The van der Waals surface area contributed by atoms with Gasteiger partial charge in [0.1, 0.15) is 5.52 Å². The molecule has 5 nitrogen and oxygen atoms in total. The maximum absolute atomic E-state index is 11.4. The van der Waals surface area contributed by atoms with Crippen LogP contribution in [0.25, 0.3) is 11.1 Å². The lowest BCUT2D eigenvalue weighted by atomic mass is 10.2. The van der Waals surface area contributed by atoms with Crippen molar-refractivity contribution in [1.82, 2.24) is 9.47 Å². The highest BCUT2D eigenvalue weighted by atomic mass is 35.5. The molecule has 2 unspecified atom stereocenters. The Kier molecular flexibility index (Phi) is 2.76. The van der Waals surface area contributed by atoms with Crippen molar-refractivity contribution in [3.05, 3.63) is 23.2 Å². The maximum Gasteiger partial charge on any atom is 0.405 e. The summed E-state index contributed by atoms with van der Waals surface area (Å²) in [6.07, 6.45) is 1.50. The second-order valence-corrected chi connectivity index (χ2v) is 5.53. The first-order chi connectivity index (χ1) is 9.00. The van der Waals surface area contributed by atoms with Gasteiger partial charge in [-0.2, -0.15) is 4.98 Å². The summed E-state index contributed by atoms with van der Waals surface area (Å²) in [4.78, 5) is 15.8. The van der Waals surface area contributed by atoms with Gasteiger partial charge in [0.05, 0.1) is 13.6 Å². The van der Waals surface area contributed by atoms with Gasteiger partial charge in [-0.1, -0.05) is 11.6 Å². The highest BCUT2D eigenvalue weighted by molar-refractivity contribution is 6.31. The van der Waals surface area contributed by atoms with Gasteiger partial charge in [-0.15, -0.1) is 0 Å². The second kappa shape index (κ2) is 4.21. The van der Waals surface area contributed by atoms with E-state index in [-0.39, 0.29) is 4.48 Å². The van der Waals surface area contributed by atoms with Crippen molar-refractivity contribution in [3.63, 3.8) is 0 Å². The van der Waals surface area contributed by atoms with E-state index < -0.39 is 12.0 Å². The first kappa shape index (κ1) is 12.4. The zero-order valence-corrected chi connectivity index (χ0v) is 11.2. The predicted molar refractivity (Wildman–Crippen MR) is 72.3 cm³/mol. The van der Waals surface area contributed by atoms with Crippen LogP contribution in [0.1, 0.15) is 12.8 Å². The van der Waals surface area contributed by atoms with Gasteiger partial charge in [-0.05, 0) is 18.2 Å². The summed E-state index contributed by atoms with van der Waals surface area (Å²) in [7, 11) is 1.86. The largest absolute Gasteiger partial charge is 0.477 e. The Morgan fingerprint density at radius 1 is 1.58 bits per heavy atom. The SMILES string of the molecule is C[N+]1(c2nc3cc(Cl)ccc3o2)CCCC1C(=O)O. The lowest BCUT2D eigenvalue weighted by Crippen LogP contribution is -2.53. The molecular formula is C13H14ClN2O3+. The molecule has 0 aliphatic carbocycles. The van der Waals surface area contributed by atoms with E-state index in [9.17, 15) is 9.90 Å². The number of rotatable bonds is 2. The van der Waals surface area contributed by atoms with Crippen molar-refractivity contribution >= 4 is 34.7 Å². The first-order valence-electron chi connectivity index (χ1n) is 6.15. The normalized spacial score (nSPS) is 26.9. The standard InChI is InChI=1S/C13H13ClN2O3/c1-16(6-2-3-10(16)12(17)18)13-15-9-7-8(14)4-5-11(9)19-13/h4-5,7,10H,2-3,6H2,1H3/p+1. The summed E-state index contributed by atoms with van der Waals surface area (Å²) in [6, 6.07) is 5.16. The molecule has 0 amide bonds. The van der Waals surface area contributed by atoms with E-state index in [1.54, 1.807) is 18.2 Å². The van der Waals surface area contributed by atoms with Crippen LogP contribution in [-0.4, -0.2) is 35.7 Å². The van der Waals surface area contributed by atoms with Gasteiger partial charge in [-0.25, -0.2) is 9.28 Å². The van der Waals surface area contributed by atoms with E-state index in [4.69, 9.17) is 16.0 Å². The number of quaternary nitrogens is 1. The van der Waals surface area contributed by atoms with Crippen LogP contribution < -0.4 is 4.48 Å². The average molecular weight is 282 g/mol. The summed E-state index contributed by atoms with van der Waals surface area (Å²) in [5.41, 5.74) is 1.30. The molecule has 2 heterocycles. The Balaban J connectivity index is 2.10. The number of hydrogen-bond donors (Lipinski definition) is 1. The number of oxazole rings is 1. The summed E-state index contributed by atoms with van der Waals surface area (Å²) in [6.45, 7) is 0.720. The number of nitrogens with zero attached hydrogens (tertiary/aromatic N) is 2. The second-order valence-electron chi connectivity index (χ2n) is 5.10. The topological polar surface area (TPSA) is 63.3 Å². The van der Waals surface area contributed by atoms with Crippen molar-refractivity contribution in [2.75, 3.05) is 13.6 Å². The molecule has 0 spiro atoms. The fraction of sp³-hybridized carbons (Fsp3) is 0.385. The monoisotopic (exact) mass is 281 g/mol. The lowest BCUT2D eigenvalue weighted by Gasteiger charge is -2.28. The summed E-state index contributed by atoms with van der Waals surface area (Å²) in [5, 5.41) is 9.91. The summed E-state index contributed by atoms with van der Waals surface area (Å²) in [5.74, 6) is -0.805. The number of fused-ring (bicyclic) bond motifs is 1. The number of aliphatic carboxylic acids is 1. The van der Waals surface area contributed by atoms with Crippen LogP contribution in [0.5, 0.6) is 0 Å². The molecule has 0 saturated carbocycles. The molecule has 2 aromatic rings. The first-order valence-corrected chi connectivity index (χ1v) is 6.53. The lowest BCUT2D eigenvalue weighted by molar-refractivity contribution is -0.141. The molecule has 19 heavy (non-hydrogen) atoms. The number of hydrogen-bond acceptors (Lipinski definition) is 3. The molecule has 0 bridgehead atoms. The molecular weight excluding hydrogens is 268 g/mol. The van der Waals surface area contributed by atoms with Crippen LogP contribution in [0, 0.1) is 0 Å². The van der Waals surface area contributed by atoms with Crippen LogP contribution >= 0.6 is 11.6 Å². The van der Waals surface area contributed by atoms with Gasteiger partial charge in [0, 0.05) is 17.9 Å². The van der Waals surface area contributed by atoms with Gasteiger partial charge >= 0.3 is 12.0 Å². The minimum Gasteiger partial charge on any atom is -0.477 e. The molecule has 0 radical (unpaired) electrons. The van der Waals surface area contributed by atoms with Crippen LogP contribution in [-0.2, 0) is 4.79 Å². The number of benzene rings is 1. The van der Waals surface area contributed by atoms with Crippen LogP contribution in [0.4, 0.5) is 6.01 Å². The van der Waals surface area contributed by atoms with Crippen molar-refractivity contribution in [1.29, 1.82) is 0 Å². The minimum atomic E-state index is -0.805. The van der Waals surface area contributed by atoms with Crippen molar-refractivity contribution in [2.45, 2.75) is 18.9 Å². The number of aromatic nitrogens is 1. The molecule has 1 aliphatic heterocycles. The summed E-state index contributed by atoms with van der Waals surface area (Å²) < 4.78 is 5.94. The smallest absolute Gasteiger partial charge is 0.405 e. The third-order valence-corrected chi connectivity index (χ3v) is 4.08. The highest BCUT2D eigenvalue weighted by Crippen LogP contribution is 2.34. The Morgan fingerprint density at radius 3 is 3.11 bits per heavy atom. The molecule has 1 N–H and O–H groups in total. The third-order valence-electron chi connectivity index (χ3n) is 3.85. The zero-order valence-electron chi connectivity index (χ0n) is 10.5. The number of carboxylic acids is 1. The number of likely N-dealkylation sites (tertiary alicyclic amines) is 1. The summed E-state index contributed by atoms with van der Waals surface area (Å²) >= 11 is 5.92. The minimum absolute atomic E-state index is 0.210. The Bertz CT molecular complexity index is 654. The van der Waals surface area contributed by atoms with Crippen molar-refractivity contribution < 1.29 is 14.3 Å². The molecule has 1 aliphatic rings. The zero-order chi connectivity index (χ0) is 13.6. The number of halogens is 1. The number of likely N-dealkylation sites (N-methyl/N-ethyl adjacent to an activating group) is 1. The van der Waals surface area contributed by atoms with E-state index in [0.717, 1.165) is 13.0 Å². The molecule has 1 aromatic carbocycles. The van der Waals surface area contributed by atoms with Gasteiger partial charge in [0.2, 0.25) is 0 Å². The van der Waals surface area contributed by atoms with E-state index in [2.05, 4.69) is 4.98 Å². The molecule has 2 atom stereocenters. The fourth-order valence-corrected chi connectivity index (χ4v) is 2.92. The van der Waals surface area contributed by atoms with Crippen LogP contribution in [0.15, 0.2) is 22.6 Å². The molecule has 100 valence electrons. The predicted octanol–water partition coefficient (Wildman–Crippen LogP) is 2.67. The van der Waals surface area contributed by atoms with Gasteiger partial charge in [0.25, 0.3) is 0 Å². The Labute approximate surface area is 115 Å². The number of carboxylic acid groups (broad SMARTS) is 1. The molecule has 1 aromatic heterocycles. The Morgan fingerprint density at radius 2 is 2.37 bits per heavy atom. The molecule has 1 saturated heterocycles. The average Bonchev–Trinajstić information content (AvgIpc) is 2.92. The quantitative estimate of drug-likeness (QED) is 0.860. The van der Waals surface area contributed by atoms with Crippen LogP contribution in [0.3, 0.4) is 0 Å². The number of carbonyl (C=O) groups is 1. The fourth-order valence-electron chi connectivity index (χ4n) is 2.76. The highest BCUT2D eigenvalue weighted by Gasteiger charge is 2.48. The maximum atomic E-state index is 11.4. The van der Waals surface area contributed by atoms with Crippen molar-refractivity contribution in [2.24, 2.45) is 0 Å². The molecule has 1 fully saturated rings. The van der Waals surface area contributed by atoms with Gasteiger partial charge in [0.15, 0.2) is 11.6 Å². The van der Waals surface area contributed by atoms with E-state index in [1.807, 2.05) is 7.05 Å². The van der Waals surface area contributed by atoms with Crippen molar-refractivity contribution in [3.8, 4) is 0 Å². The van der Waals surface area contributed by atoms with Gasteiger partial charge in [-0.3, -0.25) is 0 Å². The van der Waals surface area contributed by atoms with E-state index >= 15 is 0 Å². The van der Waals surface area contributed by atoms with E-state index in [0.29, 0.717) is 28.6 Å². The molecule has 3 rings (SSSR count). The van der Waals surface area contributed by atoms with Gasteiger partial charge < -0.3 is 9.52 Å². The Hall–Kier alpha value is -1.59. The third kappa shape index (κ3) is 1.89.